The minimum absolute atomic E-state index is 0.438. The zero-order valence-electron chi connectivity index (χ0n) is 8.71. The summed E-state index contributed by atoms with van der Waals surface area (Å²) in [7, 11) is 0. The molecule has 1 rings (SSSR count). The van der Waals surface area contributed by atoms with Gasteiger partial charge in [-0.15, -0.1) is 0 Å². The summed E-state index contributed by atoms with van der Waals surface area (Å²) >= 11 is 0. The molecule has 0 saturated carbocycles. The van der Waals surface area contributed by atoms with E-state index in [0.29, 0.717) is 6.04 Å². The van der Waals surface area contributed by atoms with Gasteiger partial charge in [-0.2, -0.15) is 0 Å². The van der Waals surface area contributed by atoms with E-state index in [2.05, 4.69) is 11.8 Å². The van der Waals surface area contributed by atoms with Crippen molar-refractivity contribution in [3.63, 3.8) is 0 Å². The van der Waals surface area contributed by atoms with E-state index in [4.69, 9.17) is 0 Å². The number of likely N-dealkylation sites (tertiary alicyclic amines) is 1. The molecule has 3 nitrogen and oxygen atoms in total. The Balaban J connectivity index is 2.71. The van der Waals surface area contributed by atoms with Gasteiger partial charge < -0.3 is 5.11 Å². The fraction of sp³-hybridized carbons (Fsp3) is 0.900. The summed E-state index contributed by atoms with van der Waals surface area (Å²) < 4.78 is 0. The maximum absolute atomic E-state index is 11.1. The lowest BCUT2D eigenvalue weighted by molar-refractivity contribution is -0.157. The van der Waals surface area contributed by atoms with Gasteiger partial charge in [-0.1, -0.05) is 13.3 Å². The van der Waals surface area contributed by atoms with Crippen molar-refractivity contribution in [2.45, 2.75) is 51.6 Å². The predicted octanol–water partition coefficient (Wildman–Crippen LogP) is 1.72. The van der Waals surface area contributed by atoms with Gasteiger partial charge in [-0.3, -0.25) is 9.69 Å². The Morgan fingerprint density at radius 3 is 2.54 bits per heavy atom. The first-order valence-electron chi connectivity index (χ1n) is 5.02. The van der Waals surface area contributed by atoms with Crippen molar-refractivity contribution in [1.29, 1.82) is 0 Å². The third-order valence-corrected chi connectivity index (χ3v) is 3.15. The Morgan fingerprint density at radius 1 is 1.69 bits per heavy atom. The van der Waals surface area contributed by atoms with E-state index < -0.39 is 11.5 Å². The number of carboxylic acids is 1. The summed E-state index contributed by atoms with van der Waals surface area (Å²) in [5.74, 6) is -0.680. The average Bonchev–Trinajstić information content (AvgIpc) is 2.01. The van der Waals surface area contributed by atoms with Gasteiger partial charge >= 0.3 is 5.97 Å². The minimum atomic E-state index is -0.680. The number of rotatable bonds is 4. The molecule has 0 aromatic rings. The van der Waals surface area contributed by atoms with Gasteiger partial charge in [0, 0.05) is 12.6 Å². The maximum Gasteiger partial charge on any atom is 0.323 e. The Kier molecular flexibility index (Phi) is 2.96. The second-order valence-corrected chi connectivity index (χ2v) is 4.16. The van der Waals surface area contributed by atoms with Crippen LogP contribution in [0.25, 0.3) is 0 Å². The summed E-state index contributed by atoms with van der Waals surface area (Å²) in [4.78, 5) is 13.2. The fourth-order valence-electron chi connectivity index (χ4n) is 2.11. The molecule has 0 radical (unpaired) electrons. The molecule has 1 aliphatic rings. The second kappa shape index (κ2) is 3.66. The summed E-state index contributed by atoms with van der Waals surface area (Å²) in [6.07, 6.45) is 2.80. The van der Waals surface area contributed by atoms with Crippen LogP contribution in [0, 0.1) is 0 Å². The van der Waals surface area contributed by atoms with Gasteiger partial charge in [-0.05, 0) is 26.7 Å². The van der Waals surface area contributed by atoms with Crippen molar-refractivity contribution in [2.24, 2.45) is 0 Å². The molecule has 0 amide bonds. The maximum atomic E-state index is 11.1. The van der Waals surface area contributed by atoms with Gasteiger partial charge in [0.25, 0.3) is 0 Å². The molecule has 76 valence electrons. The Hall–Kier alpha value is -0.570. The van der Waals surface area contributed by atoms with Gasteiger partial charge in [0.05, 0.1) is 0 Å². The van der Waals surface area contributed by atoms with Gasteiger partial charge in [0.1, 0.15) is 5.54 Å². The molecule has 3 heteroatoms. The van der Waals surface area contributed by atoms with Crippen LogP contribution in [0.2, 0.25) is 0 Å². The minimum Gasteiger partial charge on any atom is -0.480 e. The average molecular weight is 185 g/mol. The van der Waals surface area contributed by atoms with Crippen molar-refractivity contribution < 1.29 is 9.90 Å². The number of hydrogen-bond donors (Lipinski definition) is 1. The van der Waals surface area contributed by atoms with Crippen LogP contribution in [-0.4, -0.2) is 34.1 Å². The van der Waals surface area contributed by atoms with E-state index in [0.717, 1.165) is 25.8 Å². The quantitative estimate of drug-likeness (QED) is 0.725. The van der Waals surface area contributed by atoms with Crippen LogP contribution < -0.4 is 0 Å². The molecular formula is C10H19NO2. The Labute approximate surface area is 79.7 Å². The lowest BCUT2D eigenvalue weighted by Crippen LogP contribution is -2.62. The summed E-state index contributed by atoms with van der Waals surface area (Å²) in [5, 5.41) is 9.18. The predicted molar refractivity (Wildman–Crippen MR) is 51.7 cm³/mol. The van der Waals surface area contributed by atoms with Crippen molar-refractivity contribution in [3.05, 3.63) is 0 Å². The smallest absolute Gasteiger partial charge is 0.323 e. The molecule has 2 atom stereocenters. The van der Waals surface area contributed by atoms with Crippen LogP contribution >= 0.6 is 0 Å². The zero-order valence-corrected chi connectivity index (χ0v) is 8.71. The number of carbonyl (C=O) groups is 1. The van der Waals surface area contributed by atoms with E-state index >= 15 is 0 Å². The molecule has 1 heterocycles. The Bertz CT molecular complexity index is 205. The summed E-state index contributed by atoms with van der Waals surface area (Å²) in [5.41, 5.74) is -0.633. The highest BCUT2D eigenvalue weighted by Gasteiger charge is 2.44. The van der Waals surface area contributed by atoms with Crippen LogP contribution in [0.5, 0.6) is 0 Å². The molecule has 0 bridgehead atoms. The largest absolute Gasteiger partial charge is 0.480 e. The molecule has 0 aromatic carbocycles. The topological polar surface area (TPSA) is 40.5 Å². The van der Waals surface area contributed by atoms with Gasteiger partial charge in [0.2, 0.25) is 0 Å². The number of carboxylic acid groups (broad SMARTS) is 1. The van der Waals surface area contributed by atoms with Crippen LogP contribution in [0.1, 0.15) is 40.0 Å². The highest BCUT2D eigenvalue weighted by molar-refractivity contribution is 5.78. The molecule has 1 N–H and O–H groups in total. The zero-order chi connectivity index (χ0) is 10.1. The van der Waals surface area contributed by atoms with Crippen LogP contribution in [0.3, 0.4) is 0 Å². The number of nitrogens with zero attached hydrogens (tertiary/aromatic N) is 1. The molecular weight excluding hydrogens is 166 g/mol. The highest BCUT2D eigenvalue weighted by atomic mass is 16.4. The number of aliphatic carboxylic acids is 1. The van der Waals surface area contributed by atoms with Crippen LogP contribution in [0.4, 0.5) is 0 Å². The molecule has 0 aromatic heterocycles. The molecule has 13 heavy (non-hydrogen) atoms. The van der Waals surface area contributed by atoms with Crippen molar-refractivity contribution in [1.82, 2.24) is 4.90 Å². The van der Waals surface area contributed by atoms with Crippen molar-refractivity contribution >= 4 is 5.97 Å². The van der Waals surface area contributed by atoms with Crippen LogP contribution in [-0.2, 0) is 4.79 Å². The normalized spacial score (nSPS) is 27.8. The molecule has 1 aliphatic heterocycles. The lowest BCUT2D eigenvalue weighted by atomic mass is 9.87. The third kappa shape index (κ3) is 1.70. The SMILES string of the molecule is CCCC(C)(C(=O)O)N1CCC1C. The molecule has 2 unspecified atom stereocenters. The number of hydrogen-bond acceptors (Lipinski definition) is 2. The van der Waals surface area contributed by atoms with E-state index in [9.17, 15) is 9.90 Å². The van der Waals surface area contributed by atoms with E-state index in [1.165, 1.54) is 0 Å². The fourth-order valence-corrected chi connectivity index (χ4v) is 2.11. The first-order valence-corrected chi connectivity index (χ1v) is 5.02. The molecule has 0 spiro atoms. The van der Waals surface area contributed by atoms with Crippen LogP contribution in [0.15, 0.2) is 0 Å². The monoisotopic (exact) mass is 185 g/mol. The van der Waals surface area contributed by atoms with Gasteiger partial charge in [-0.25, -0.2) is 0 Å². The summed E-state index contributed by atoms with van der Waals surface area (Å²) in [6.45, 7) is 6.91. The third-order valence-electron chi connectivity index (χ3n) is 3.15. The Morgan fingerprint density at radius 2 is 2.31 bits per heavy atom. The molecule has 1 fully saturated rings. The van der Waals surface area contributed by atoms with Gasteiger partial charge in [0.15, 0.2) is 0 Å². The standard InChI is InChI=1S/C10H19NO2/c1-4-6-10(3,9(12)13)11-7-5-8(11)2/h8H,4-7H2,1-3H3,(H,12,13). The first-order chi connectivity index (χ1) is 6.02. The molecule has 1 saturated heterocycles. The lowest BCUT2D eigenvalue weighted by Gasteiger charge is -2.49. The molecule has 0 aliphatic carbocycles. The first kappa shape index (κ1) is 10.5. The van der Waals surface area contributed by atoms with E-state index in [1.54, 1.807) is 0 Å². The van der Waals surface area contributed by atoms with Crippen molar-refractivity contribution in [3.8, 4) is 0 Å². The van der Waals surface area contributed by atoms with Crippen molar-refractivity contribution in [2.75, 3.05) is 6.54 Å². The van der Waals surface area contributed by atoms with E-state index in [1.807, 2.05) is 13.8 Å². The highest BCUT2D eigenvalue weighted by Crippen LogP contribution is 2.31. The summed E-state index contributed by atoms with van der Waals surface area (Å²) in [6, 6.07) is 0.438. The van der Waals surface area contributed by atoms with E-state index in [-0.39, 0.29) is 0 Å². The second-order valence-electron chi connectivity index (χ2n) is 4.16.